The summed E-state index contributed by atoms with van der Waals surface area (Å²) >= 11 is 1.64. The second kappa shape index (κ2) is 7.35. The van der Waals surface area contributed by atoms with Crippen LogP contribution in [0.3, 0.4) is 0 Å². The van der Waals surface area contributed by atoms with Crippen LogP contribution in [0.15, 0.2) is 28.7 Å². The van der Waals surface area contributed by atoms with Crippen LogP contribution >= 0.6 is 11.8 Å². The van der Waals surface area contributed by atoms with Crippen molar-refractivity contribution in [2.24, 2.45) is 0 Å². The SMILES string of the molecule is CSCC[C@H](NC(C)=O)C(=O)Nc1ccc2oc(C)cc2c1. The van der Waals surface area contributed by atoms with Crippen molar-refractivity contribution >= 4 is 40.2 Å². The van der Waals surface area contributed by atoms with Crippen LogP contribution in [0.2, 0.25) is 0 Å². The molecule has 118 valence electrons. The molecule has 1 aromatic carbocycles. The van der Waals surface area contributed by atoms with Crippen molar-refractivity contribution < 1.29 is 14.0 Å². The highest BCUT2D eigenvalue weighted by atomic mass is 32.2. The third-order valence-electron chi connectivity index (χ3n) is 3.21. The number of hydrogen-bond donors (Lipinski definition) is 2. The Labute approximate surface area is 133 Å². The van der Waals surface area contributed by atoms with E-state index in [9.17, 15) is 9.59 Å². The van der Waals surface area contributed by atoms with Gasteiger partial charge in [0.05, 0.1) is 0 Å². The summed E-state index contributed by atoms with van der Waals surface area (Å²) in [7, 11) is 0. The lowest BCUT2D eigenvalue weighted by atomic mass is 10.2. The lowest BCUT2D eigenvalue weighted by Gasteiger charge is -2.17. The molecule has 2 amide bonds. The van der Waals surface area contributed by atoms with Crippen molar-refractivity contribution in [1.82, 2.24) is 5.32 Å². The molecule has 0 saturated heterocycles. The van der Waals surface area contributed by atoms with E-state index in [1.54, 1.807) is 17.8 Å². The van der Waals surface area contributed by atoms with Gasteiger partial charge >= 0.3 is 0 Å². The molecule has 0 radical (unpaired) electrons. The number of carbonyl (C=O) groups excluding carboxylic acids is 2. The third kappa shape index (κ3) is 4.27. The van der Waals surface area contributed by atoms with Gasteiger partial charge in [-0.1, -0.05) is 0 Å². The maximum absolute atomic E-state index is 12.3. The van der Waals surface area contributed by atoms with Crippen LogP contribution in [0.5, 0.6) is 0 Å². The van der Waals surface area contributed by atoms with Gasteiger partial charge in [-0.3, -0.25) is 9.59 Å². The second-order valence-electron chi connectivity index (χ2n) is 5.13. The van der Waals surface area contributed by atoms with Crippen molar-refractivity contribution in [2.75, 3.05) is 17.3 Å². The Morgan fingerprint density at radius 2 is 2.09 bits per heavy atom. The van der Waals surface area contributed by atoms with Gasteiger partial charge < -0.3 is 15.1 Å². The number of amides is 2. The molecule has 0 bridgehead atoms. The fourth-order valence-electron chi connectivity index (χ4n) is 2.23. The highest BCUT2D eigenvalue weighted by Gasteiger charge is 2.19. The molecule has 2 aromatic rings. The molecule has 6 heteroatoms. The zero-order valence-corrected chi connectivity index (χ0v) is 13.8. The summed E-state index contributed by atoms with van der Waals surface area (Å²) in [6.45, 7) is 3.30. The van der Waals surface area contributed by atoms with Gasteiger partial charge in [0.15, 0.2) is 0 Å². The maximum atomic E-state index is 12.3. The van der Waals surface area contributed by atoms with E-state index >= 15 is 0 Å². The number of nitrogens with one attached hydrogen (secondary N) is 2. The molecule has 0 aliphatic carbocycles. The average molecular weight is 320 g/mol. The average Bonchev–Trinajstić information content (AvgIpc) is 2.82. The van der Waals surface area contributed by atoms with Gasteiger partial charge in [-0.15, -0.1) is 0 Å². The number of aryl methyl sites for hydroxylation is 1. The minimum absolute atomic E-state index is 0.205. The number of benzene rings is 1. The standard InChI is InChI=1S/C16H20N2O3S/c1-10-8-12-9-13(4-5-15(12)21-10)18-16(20)14(6-7-22-3)17-11(2)19/h4-5,8-9,14H,6-7H2,1-3H3,(H,17,19)(H,18,20)/t14-/m0/s1. The molecular formula is C16H20N2O3S. The number of fused-ring (bicyclic) bond motifs is 1. The van der Waals surface area contributed by atoms with Crippen molar-refractivity contribution in [3.8, 4) is 0 Å². The number of thioether (sulfide) groups is 1. The van der Waals surface area contributed by atoms with Crippen molar-refractivity contribution in [2.45, 2.75) is 26.3 Å². The van der Waals surface area contributed by atoms with E-state index in [1.807, 2.05) is 31.4 Å². The number of hydrogen-bond acceptors (Lipinski definition) is 4. The first-order chi connectivity index (χ1) is 10.5. The lowest BCUT2D eigenvalue weighted by molar-refractivity contribution is -0.125. The first-order valence-electron chi connectivity index (χ1n) is 7.06. The molecule has 1 aromatic heterocycles. The smallest absolute Gasteiger partial charge is 0.246 e. The van der Waals surface area contributed by atoms with Crippen molar-refractivity contribution in [3.63, 3.8) is 0 Å². The molecule has 22 heavy (non-hydrogen) atoms. The summed E-state index contributed by atoms with van der Waals surface area (Å²) in [4.78, 5) is 23.6. The predicted molar refractivity (Wildman–Crippen MR) is 90.2 cm³/mol. The fourth-order valence-corrected chi connectivity index (χ4v) is 2.70. The molecule has 5 nitrogen and oxygen atoms in total. The number of carbonyl (C=O) groups is 2. The van der Waals surface area contributed by atoms with E-state index in [-0.39, 0.29) is 11.8 Å². The number of furan rings is 1. The first-order valence-corrected chi connectivity index (χ1v) is 8.46. The Bertz CT molecular complexity index is 681. The van der Waals surface area contributed by atoms with Crippen LogP contribution in [0.1, 0.15) is 19.1 Å². The third-order valence-corrected chi connectivity index (χ3v) is 3.86. The monoisotopic (exact) mass is 320 g/mol. The largest absolute Gasteiger partial charge is 0.461 e. The molecule has 0 fully saturated rings. The van der Waals surface area contributed by atoms with E-state index in [4.69, 9.17) is 4.42 Å². The zero-order valence-electron chi connectivity index (χ0n) is 12.9. The van der Waals surface area contributed by atoms with E-state index in [0.29, 0.717) is 12.1 Å². The van der Waals surface area contributed by atoms with Crippen molar-refractivity contribution in [1.29, 1.82) is 0 Å². The van der Waals surface area contributed by atoms with Gasteiger partial charge in [0.1, 0.15) is 17.4 Å². The highest BCUT2D eigenvalue weighted by Crippen LogP contribution is 2.22. The predicted octanol–water partition coefficient (Wildman–Crippen LogP) is 2.94. The molecule has 0 aliphatic heterocycles. The summed E-state index contributed by atoms with van der Waals surface area (Å²) in [6.07, 6.45) is 2.57. The van der Waals surface area contributed by atoms with Gasteiger partial charge in [0.2, 0.25) is 11.8 Å². The molecule has 0 spiro atoms. The van der Waals surface area contributed by atoms with Gasteiger partial charge in [-0.25, -0.2) is 0 Å². The van der Waals surface area contributed by atoms with Gasteiger partial charge in [0, 0.05) is 18.0 Å². The van der Waals surface area contributed by atoms with Crippen LogP contribution in [0.25, 0.3) is 11.0 Å². The summed E-state index contributed by atoms with van der Waals surface area (Å²) in [5.41, 5.74) is 1.48. The maximum Gasteiger partial charge on any atom is 0.246 e. The molecule has 2 rings (SSSR count). The van der Waals surface area contributed by atoms with Gasteiger partial charge in [-0.2, -0.15) is 11.8 Å². The van der Waals surface area contributed by atoms with E-state index in [2.05, 4.69) is 10.6 Å². The fraction of sp³-hybridized carbons (Fsp3) is 0.375. The topological polar surface area (TPSA) is 71.3 Å². The number of rotatable bonds is 6. The minimum Gasteiger partial charge on any atom is -0.461 e. The molecule has 1 atom stereocenters. The Kier molecular flexibility index (Phi) is 5.49. The Morgan fingerprint density at radius 1 is 1.32 bits per heavy atom. The van der Waals surface area contributed by atoms with Crippen LogP contribution in [0, 0.1) is 6.92 Å². The van der Waals surface area contributed by atoms with Crippen LogP contribution in [-0.4, -0.2) is 29.9 Å². The highest BCUT2D eigenvalue weighted by molar-refractivity contribution is 7.98. The normalized spacial score (nSPS) is 12.1. The van der Waals surface area contributed by atoms with E-state index in [1.165, 1.54) is 6.92 Å². The van der Waals surface area contributed by atoms with Crippen LogP contribution in [-0.2, 0) is 9.59 Å². The van der Waals surface area contributed by atoms with Gasteiger partial charge in [-0.05, 0) is 49.6 Å². The Morgan fingerprint density at radius 3 is 2.77 bits per heavy atom. The Balaban J connectivity index is 2.10. The summed E-state index contributed by atoms with van der Waals surface area (Å²) in [5, 5.41) is 6.49. The summed E-state index contributed by atoms with van der Waals surface area (Å²) in [5.74, 6) is 1.22. The quantitative estimate of drug-likeness (QED) is 0.858. The minimum atomic E-state index is -0.522. The summed E-state index contributed by atoms with van der Waals surface area (Å²) in [6, 6.07) is 6.88. The molecule has 0 saturated carbocycles. The first kappa shape index (κ1) is 16.4. The lowest BCUT2D eigenvalue weighted by Crippen LogP contribution is -2.43. The molecule has 1 heterocycles. The molecular weight excluding hydrogens is 300 g/mol. The molecule has 0 aliphatic rings. The Hall–Kier alpha value is -1.95. The molecule has 0 unspecified atom stereocenters. The van der Waals surface area contributed by atoms with Crippen molar-refractivity contribution in [3.05, 3.63) is 30.0 Å². The second-order valence-corrected chi connectivity index (χ2v) is 6.12. The zero-order chi connectivity index (χ0) is 16.1. The molecule has 2 N–H and O–H groups in total. The number of anilines is 1. The van der Waals surface area contributed by atoms with Crippen LogP contribution in [0.4, 0.5) is 5.69 Å². The van der Waals surface area contributed by atoms with E-state index in [0.717, 1.165) is 22.5 Å². The summed E-state index contributed by atoms with van der Waals surface area (Å²) < 4.78 is 5.51. The van der Waals surface area contributed by atoms with Crippen LogP contribution < -0.4 is 10.6 Å². The van der Waals surface area contributed by atoms with E-state index < -0.39 is 6.04 Å². The van der Waals surface area contributed by atoms with Gasteiger partial charge in [0.25, 0.3) is 0 Å².